The van der Waals surface area contributed by atoms with Crippen molar-refractivity contribution < 1.29 is 14.3 Å². The number of carbonyl (C=O) groups excluding carboxylic acids is 2. The van der Waals surface area contributed by atoms with Crippen LogP contribution in [0.15, 0.2) is 30.6 Å². The van der Waals surface area contributed by atoms with Crippen molar-refractivity contribution in [1.29, 1.82) is 0 Å². The Balaban J connectivity index is 1.69. The van der Waals surface area contributed by atoms with E-state index in [0.717, 1.165) is 10.9 Å². The van der Waals surface area contributed by atoms with Crippen LogP contribution in [0.5, 0.6) is 5.75 Å². The van der Waals surface area contributed by atoms with Crippen molar-refractivity contribution >= 4 is 34.4 Å². The van der Waals surface area contributed by atoms with Gasteiger partial charge in [-0.15, -0.1) is 0 Å². The molecule has 4 N–H and O–H groups in total. The molecule has 0 fully saturated rings. The molecule has 0 saturated carbocycles. The van der Waals surface area contributed by atoms with Gasteiger partial charge in [0.05, 0.1) is 17.1 Å². The van der Waals surface area contributed by atoms with E-state index >= 15 is 0 Å². The standard InChI is InChI=1S/C20H22N6O3/c1-10(2)17(11-4-5-15-13(6-11)24-16(27)8-29-15)26-19-12-7-14(20(28)21-3)25-18(12)22-9-23-19/h4-7,9-10,17H,8H2,1-3H3,(H,21,28)(H,24,27)(H2,22,23,25,26)/t17-/m0/s1. The van der Waals surface area contributed by atoms with Gasteiger partial charge in [0.25, 0.3) is 11.8 Å². The van der Waals surface area contributed by atoms with Crippen LogP contribution in [0, 0.1) is 5.92 Å². The maximum Gasteiger partial charge on any atom is 0.267 e. The van der Waals surface area contributed by atoms with Gasteiger partial charge in [0, 0.05) is 7.05 Å². The molecule has 1 aliphatic heterocycles. The maximum atomic E-state index is 12.0. The van der Waals surface area contributed by atoms with E-state index in [1.54, 1.807) is 13.1 Å². The van der Waals surface area contributed by atoms with Crippen molar-refractivity contribution in [3.8, 4) is 5.75 Å². The number of H-pyrrole nitrogens is 1. The molecule has 9 heteroatoms. The topological polar surface area (TPSA) is 121 Å². The van der Waals surface area contributed by atoms with E-state index in [2.05, 4.69) is 44.7 Å². The van der Waals surface area contributed by atoms with Gasteiger partial charge in [-0.25, -0.2) is 9.97 Å². The zero-order chi connectivity index (χ0) is 20.5. The highest BCUT2D eigenvalue weighted by atomic mass is 16.5. The van der Waals surface area contributed by atoms with Crippen molar-refractivity contribution in [1.82, 2.24) is 20.3 Å². The number of rotatable bonds is 5. The zero-order valence-electron chi connectivity index (χ0n) is 16.4. The summed E-state index contributed by atoms with van der Waals surface area (Å²) in [6.07, 6.45) is 1.45. The SMILES string of the molecule is CNC(=O)c1cc2c(N[C@H](c3ccc4c(c3)NC(=O)CO4)C(C)C)ncnc2[nH]1. The molecule has 29 heavy (non-hydrogen) atoms. The van der Waals surface area contributed by atoms with E-state index < -0.39 is 0 Å². The second-order valence-electron chi connectivity index (χ2n) is 7.21. The number of nitrogens with one attached hydrogen (secondary N) is 4. The number of ether oxygens (including phenoxy) is 1. The average Bonchev–Trinajstić information content (AvgIpc) is 3.15. The number of hydrogen-bond acceptors (Lipinski definition) is 6. The zero-order valence-corrected chi connectivity index (χ0v) is 16.4. The van der Waals surface area contributed by atoms with Crippen LogP contribution >= 0.6 is 0 Å². The minimum Gasteiger partial charge on any atom is -0.482 e. The molecule has 3 aromatic rings. The summed E-state index contributed by atoms with van der Waals surface area (Å²) in [6.45, 7) is 4.22. The first kappa shape index (κ1) is 18.7. The third-order valence-electron chi connectivity index (χ3n) is 4.85. The molecule has 0 spiro atoms. The monoisotopic (exact) mass is 394 g/mol. The highest BCUT2D eigenvalue weighted by molar-refractivity contribution is 5.99. The van der Waals surface area contributed by atoms with Crippen LogP contribution in [0.4, 0.5) is 11.5 Å². The number of aromatic amines is 1. The Hall–Kier alpha value is -3.62. The summed E-state index contributed by atoms with van der Waals surface area (Å²) in [5.74, 6) is 1.10. The minimum absolute atomic E-state index is 0.0261. The van der Waals surface area contributed by atoms with Crippen molar-refractivity contribution in [2.24, 2.45) is 5.92 Å². The second-order valence-corrected chi connectivity index (χ2v) is 7.21. The van der Waals surface area contributed by atoms with Crippen LogP contribution in [-0.2, 0) is 4.79 Å². The summed E-state index contributed by atoms with van der Waals surface area (Å²) in [6, 6.07) is 7.39. The minimum atomic E-state index is -0.222. The number of aromatic nitrogens is 3. The molecule has 1 aromatic carbocycles. The van der Waals surface area contributed by atoms with E-state index in [4.69, 9.17) is 4.74 Å². The molecular formula is C20H22N6O3. The van der Waals surface area contributed by atoms with Gasteiger partial charge in [-0.1, -0.05) is 19.9 Å². The summed E-state index contributed by atoms with van der Waals surface area (Å²) >= 11 is 0. The quantitative estimate of drug-likeness (QED) is 0.527. The third-order valence-corrected chi connectivity index (χ3v) is 4.85. The molecule has 1 atom stereocenters. The molecule has 0 unspecified atom stereocenters. The molecule has 0 aliphatic carbocycles. The van der Waals surface area contributed by atoms with Crippen LogP contribution in [0.3, 0.4) is 0 Å². The van der Waals surface area contributed by atoms with E-state index in [-0.39, 0.29) is 30.4 Å². The molecule has 1 aliphatic rings. The maximum absolute atomic E-state index is 12.0. The lowest BCUT2D eigenvalue weighted by molar-refractivity contribution is -0.118. The van der Waals surface area contributed by atoms with Crippen molar-refractivity contribution in [2.75, 3.05) is 24.3 Å². The first-order chi connectivity index (χ1) is 14.0. The Bertz CT molecular complexity index is 1090. The molecule has 2 aromatic heterocycles. The Labute approximate surface area is 167 Å². The number of benzene rings is 1. The highest BCUT2D eigenvalue weighted by Crippen LogP contribution is 2.35. The number of carbonyl (C=O) groups is 2. The van der Waals surface area contributed by atoms with Crippen LogP contribution in [-0.4, -0.2) is 40.4 Å². The number of anilines is 2. The molecule has 9 nitrogen and oxygen atoms in total. The number of amides is 2. The van der Waals surface area contributed by atoms with Gasteiger partial charge in [-0.2, -0.15) is 0 Å². The lowest BCUT2D eigenvalue weighted by Gasteiger charge is -2.26. The Morgan fingerprint density at radius 3 is 2.83 bits per heavy atom. The molecule has 150 valence electrons. The van der Waals surface area contributed by atoms with E-state index in [9.17, 15) is 9.59 Å². The predicted octanol–water partition coefficient (Wildman–Crippen LogP) is 2.46. The molecular weight excluding hydrogens is 372 g/mol. The fourth-order valence-electron chi connectivity index (χ4n) is 3.39. The molecule has 0 radical (unpaired) electrons. The number of fused-ring (bicyclic) bond motifs is 2. The normalized spacial score (nSPS) is 14.1. The average molecular weight is 394 g/mol. The fourth-order valence-corrected chi connectivity index (χ4v) is 3.39. The first-order valence-corrected chi connectivity index (χ1v) is 9.35. The Morgan fingerprint density at radius 1 is 1.24 bits per heavy atom. The lowest BCUT2D eigenvalue weighted by atomic mass is 9.95. The molecule has 3 heterocycles. The van der Waals surface area contributed by atoms with Crippen LogP contribution in [0.2, 0.25) is 0 Å². The largest absolute Gasteiger partial charge is 0.482 e. The van der Waals surface area contributed by atoms with Gasteiger partial charge in [0.15, 0.2) is 6.61 Å². The summed E-state index contributed by atoms with van der Waals surface area (Å²) < 4.78 is 5.45. The Kier molecular flexibility index (Phi) is 4.79. The first-order valence-electron chi connectivity index (χ1n) is 9.35. The summed E-state index contributed by atoms with van der Waals surface area (Å²) in [4.78, 5) is 35.2. The van der Waals surface area contributed by atoms with Gasteiger partial charge in [0.2, 0.25) is 0 Å². The van der Waals surface area contributed by atoms with Crippen LogP contribution in [0.1, 0.15) is 35.9 Å². The molecule has 4 rings (SSSR count). The molecule has 0 saturated heterocycles. The van der Waals surface area contributed by atoms with Gasteiger partial charge in [0.1, 0.15) is 29.2 Å². The highest BCUT2D eigenvalue weighted by Gasteiger charge is 2.22. The van der Waals surface area contributed by atoms with Gasteiger partial charge in [-0.3, -0.25) is 9.59 Å². The summed E-state index contributed by atoms with van der Waals surface area (Å²) in [5.41, 5.74) is 2.64. The van der Waals surface area contributed by atoms with Gasteiger partial charge in [-0.05, 0) is 29.7 Å². The summed E-state index contributed by atoms with van der Waals surface area (Å²) in [7, 11) is 1.58. The second kappa shape index (κ2) is 7.42. The Morgan fingerprint density at radius 2 is 2.07 bits per heavy atom. The summed E-state index contributed by atoms with van der Waals surface area (Å²) in [5, 5.41) is 9.63. The third kappa shape index (κ3) is 3.58. The van der Waals surface area contributed by atoms with Crippen molar-refractivity contribution in [2.45, 2.75) is 19.9 Å². The number of hydrogen-bond donors (Lipinski definition) is 4. The molecule has 2 amide bonds. The van der Waals surface area contributed by atoms with Gasteiger partial charge < -0.3 is 25.7 Å². The predicted molar refractivity (Wildman–Crippen MR) is 109 cm³/mol. The smallest absolute Gasteiger partial charge is 0.267 e. The lowest BCUT2D eigenvalue weighted by Crippen LogP contribution is -2.26. The van der Waals surface area contributed by atoms with Crippen LogP contribution < -0.4 is 20.7 Å². The van der Waals surface area contributed by atoms with Crippen molar-refractivity contribution in [3.63, 3.8) is 0 Å². The van der Waals surface area contributed by atoms with Crippen molar-refractivity contribution in [3.05, 3.63) is 41.9 Å². The van der Waals surface area contributed by atoms with Gasteiger partial charge >= 0.3 is 0 Å². The van der Waals surface area contributed by atoms with E-state index in [0.29, 0.717) is 28.6 Å². The molecule has 0 bridgehead atoms. The number of nitrogens with zero attached hydrogens (tertiary/aromatic N) is 2. The van der Waals surface area contributed by atoms with Crippen LogP contribution in [0.25, 0.3) is 11.0 Å². The van der Waals surface area contributed by atoms with E-state index in [1.807, 2.05) is 18.2 Å². The fraction of sp³-hybridized carbons (Fsp3) is 0.300. The van der Waals surface area contributed by atoms with E-state index in [1.165, 1.54) is 6.33 Å².